The van der Waals surface area contributed by atoms with Gasteiger partial charge in [0, 0.05) is 0 Å². The molecule has 0 saturated heterocycles. The van der Waals surface area contributed by atoms with Gasteiger partial charge < -0.3 is 4.74 Å². The van der Waals surface area contributed by atoms with Gasteiger partial charge in [0.1, 0.15) is 5.75 Å². The van der Waals surface area contributed by atoms with Crippen molar-refractivity contribution >= 4 is 38.7 Å². The normalized spacial score (nSPS) is 12.2. The third-order valence-electron chi connectivity index (χ3n) is 2.71. The van der Waals surface area contributed by atoms with E-state index in [-0.39, 0.29) is 4.90 Å². The Hall–Kier alpha value is -1.57. The van der Waals surface area contributed by atoms with Gasteiger partial charge in [-0.05, 0) is 50.2 Å². The molecule has 1 aromatic carbocycles. The van der Waals surface area contributed by atoms with Gasteiger partial charge in [0.15, 0.2) is 0 Å². The van der Waals surface area contributed by atoms with E-state index in [0.29, 0.717) is 22.4 Å². The highest BCUT2D eigenvalue weighted by atomic mass is 35.5. The van der Waals surface area contributed by atoms with Crippen LogP contribution in [0, 0.1) is 0 Å². The first kappa shape index (κ1) is 16.8. The van der Waals surface area contributed by atoms with E-state index in [0.717, 1.165) is 4.88 Å². The van der Waals surface area contributed by atoms with E-state index in [2.05, 4.69) is 9.93 Å². The maximum absolute atomic E-state index is 12.2. The molecule has 8 heteroatoms. The van der Waals surface area contributed by atoms with Gasteiger partial charge in [-0.1, -0.05) is 11.6 Å². The zero-order chi connectivity index (χ0) is 16.2. The summed E-state index contributed by atoms with van der Waals surface area (Å²) in [4.78, 5) is 3.14. The third-order valence-corrected chi connectivity index (χ3v) is 5.27. The lowest BCUT2D eigenvalue weighted by atomic mass is 10.3. The van der Waals surface area contributed by atoms with E-state index >= 15 is 0 Å². The maximum Gasteiger partial charge on any atom is 0.276 e. The van der Waals surface area contributed by atoms with Crippen LogP contribution in [-0.2, 0) is 10.0 Å². The minimum Gasteiger partial charge on any atom is -0.494 e. The molecule has 0 atom stereocenters. The zero-order valence-electron chi connectivity index (χ0n) is 12.0. The summed E-state index contributed by atoms with van der Waals surface area (Å²) in [5.41, 5.74) is 0.548. The zero-order valence-corrected chi connectivity index (χ0v) is 14.4. The monoisotopic (exact) mass is 358 g/mol. The standard InChI is InChI=1S/C14H15ClN2O3S2/c1-3-20-11-4-6-12(7-5-11)22(18,19)17-16-10(2)13-8-9-14(15)21-13/h4-9,17H,3H2,1-2H3/b16-10+. The highest BCUT2D eigenvalue weighted by Crippen LogP contribution is 2.22. The summed E-state index contributed by atoms with van der Waals surface area (Å²) >= 11 is 7.18. The summed E-state index contributed by atoms with van der Waals surface area (Å²) in [6.07, 6.45) is 0. The Bertz CT molecular complexity index is 768. The van der Waals surface area contributed by atoms with E-state index in [1.807, 2.05) is 6.92 Å². The maximum atomic E-state index is 12.2. The van der Waals surface area contributed by atoms with Crippen molar-refractivity contribution in [1.29, 1.82) is 0 Å². The third kappa shape index (κ3) is 4.22. The molecule has 1 aromatic heterocycles. The Morgan fingerprint density at radius 2 is 1.95 bits per heavy atom. The topological polar surface area (TPSA) is 67.8 Å². The average molecular weight is 359 g/mol. The van der Waals surface area contributed by atoms with Gasteiger partial charge in [-0.3, -0.25) is 0 Å². The first-order valence-electron chi connectivity index (χ1n) is 6.47. The lowest BCUT2D eigenvalue weighted by Gasteiger charge is -2.06. The summed E-state index contributed by atoms with van der Waals surface area (Å²) in [7, 11) is -3.71. The highest BCUT2D eigenvalue weighted by Gasteiger charge is 2.13. The van der Waals surface area contributed by atoms with Gasteiger partial charge >= 0.3 is 0 Å². The van der Waals surface area contributed by atoms with Crippen molar-refractivity contribution in [1.82, 2.24) is 4.83 Å². The molecule has 0 bridgehead atoms. The molecule has 22 heavy (non-hydrogen) atoms. The number of thiophene rings is 1. The van der Waals surface area contributed by atoms with Gasteiger partial charge in [-0.2, -0.15) is 18.4 Å². The molecule has 0 spiro atoms. The van der Waals surface area contributed by atoms with Crippen LogP contribution in [0.1, 0.15) is 18.7 Å². The lowest BCUT2D eigenvalue weighted by Crippen LogP contribution is -2.19. The van der Waals surface area contributed by atoms with E-state index in [1.54, 1.807) is 31.2 Å². The molecule has 1 heterocycles. The average Bonchev–Trinajstić information content (AvgIpc) is 2.92. The molecule has 0 radical (unpaired) electrons. The molecule has 0 aliphatic heterocycles. The lowest BCUT2D eigenvalue weighted by molar-refractivity contribution is 0.340. The number of nitrogens with one attached hydrogen (secondary N) is 1. The number of ether oxygens (including phenoxy) is 1. The van der Waals surface area contributed by atoms with Crippen molar-refractivity contribution < 1.29 is 13.2 Å². The summed E-state index contributed by atoms with van der Waals surface area (Å²) < 4.78 is 30.2. The molecule has 1 N–H and O–H groups in total. The molecule has 5 nitrogen and oxygen atoms in total. The van der Waals surface area contributed by atoms with Gasteiger partial charge in [0.2, 0.25) is 0 Å². The van der Waals surface area contributed by atoms with Crippen LogP contribution in [0.5, 0.6) is 5.75 Å². The number of hydrogen-bond acceptors (Lipinski definition) is 5. The van der Waals surface area contributed by atoms with Crippen LogP contribution in [0.4, 0.5) is 0 Å². The fraction of sp³-hybridized carbons (Fsp3) is 0.214. The van der Waals surface area contributed by atoms with Crippen LogP contribution in [-0.4, -0.2) is 20.7 Å². The number of sulfonamides is 1. The van der Waals surface area contributed by atoms with Crippen LogP contribution in [0.25, 0.3) is 0 Å². The predicted octanol–water partition coefficient (Wildman–Crippen LogP) is 3.50. The first-order chi connectivity index (χ1) is 10.4. The van der Waals surface area contributed by atoms with Crippen LogP contribution in [0.3, 0.4) is 0 Å². The SMILES string of the molecule is CCOc1ccc(S(=O)(=O)N/N=C(\C)c2ccc(Cl)s2)cc1. The van der Waals surface area contributed by atoms with Crippen LogP contribution < -0.4 is 9.57 Å². The Morgan fingerprint density at radius 3 is 2.50 bits per heavy atom. The van der Waals surface area contributed by atoms with E-state index in [1.165, 1.54) is 23.5 Å². The molecule has 0 saturated carbocycles. The van der Waals surface area contributed by atoms with Gasteiger partial charge in [-0.15, -0.1) is 11.3 Å². The van der Waals surface area contributed by atoms with E-state index < -0.39 is 10.0 Å². The Kier molecular flexibility index (Phi) is 5.44. The van der Waals surface area contributed by atoms with Crippen molar-refractivity contribution in [2.45, 2.75) is 18.7 Å². The van der Waals surface area contributed by atoms with Crippen LogP contribution in [0.15, 0.2) is 46.4 Å². The molecule has 0 aliphatic rings. The number of hydrazone groups is 1. The molecule has 118 valence electrons. The van der Waals surface area contributed by atoms with Crippen molar-refractivity contribution in [3.63, 3.8) is 0 Å². The van der Waals surface area contributed by atoms with Crippen molar-refractivity contribution in [3.8, 4) is 5.75 Å². The van der Waals surface area contributed by atoms with Crippen molar-refractivity contribution in [2.75, 3.05) is 6.61 Å². The van der Waals surface area contributed by atoms with Gasteiger partial charge in [0.25, 0.3) is 10.0 Å². The Balaban J connectivity index is 2.13. The van der Waals surface area contributed by atoms with E-state index in [4.69, 9.17) is 16.3 Å². The fourth-order valence-electron chi connectivity index (χ4n) is 1.63. The summed E-state index contributed by atoms with van der Waals surface area (Å²) in [6.45, 7) is 4.10. The molecule has 0 fully saturated rings. The van der Waals surface area contributed by atoms with Gasteiger partial charge in [0.05, 0.1) is 26.4 Å². The minimum absolute atomic E-state index is 0.122. The molecule has 2 aromatic rings. The quantitative estimate of drug-likeness (QED) is 0.634. The Labute approximate surface area is 138 Å². The molecule has 0 unspecified atom stereocenters. The second-order valence-electron chi connectivity index (χ2n) is 4.30. The van der Waals surface area contributed by atoms with E-state index in [9.17, 15) is 8.42 Å². The van der Waals surface area contributed by atoms with Gasteiger partial charge in [-0.25, -0.2) is 0 Å². The second kappa shape index (κ2) is 7.13. The molecular formula is C14H15ClN2O3S2. The second-order valence-corrected chi connectivity index (χ2v) is 7.68. The number of nitrogens with zero attached hydrogens (tertiary/aromatic N) is 1. The van der Waals surface area contributed by atoms with Crippen LogP contribution in [0.2, 0.25) is 4.34 Å². The largest absolute Gasteiger partial charge is 0.494 e. The van der Waals surface area contributed by atoms with Crippen LogP contribution >= 0.6 is 22.9 Å². The molecule has 0 aliphatic carbocycles. The van der Waals surface area contributed by atoms with Crippen molar-refractivity contribution in [2.24, 2.45) is 5.10 Å². The highest BCUT2D eigenvalue weighted by molar-refractivity contribution is 7.89. The van der Waals surface area contributed by atoms with Crippen molar-refractivity contribution in [3.05, 3.63) is 45.6 Å². The molecule has 0 amide bonds. The minimum atomic E-state index is -3.71. The number of rotatable bonds is 6. The number of benzene rings is 1. The Morgan fingerprint density at radius 1 is 1.27 bits per heavy atom. The fourth-order valence-corrected chi connectivity index (χ4v) is 3.47. The molecule has 2 rings (SSSR count). The smallest absolute Gasteiger partial charge is 0.276 e. The summed E-state index contributed by atoms with van der Waals surface area (Å²) in [5.74, 6) is 0.620. The summed E-state index contributed by atoms with van der Waals surface area (Å²) in [5, 5.41) is 3.91. The first-order valence-corrected chi connectivity index (χ1v) is 9.15. The summed E-state index contributed by atoms with van der Waals surface area (Å²) in [6, 6.07) is 9.68. The number of halogens is 1. The predicted molar refractivity (Wildman–Crippen MR) is 89.5 cm³/mol. The molecular weight excluding hydrogens is 344 g/mol. The number of hydrogen-bond donors (Lipinski definition) is 1.